The Balaban J connectivity index is 1.78. The first-order valence-electron chi connectivity index (χ1n) is 8.26. The van der Waals surface area contributed by atoms with Crippen LogP contribution in [0, 0.1) is 0 Å². The maximum absolute atomic E-state index is 12.4. The normalized spacial score (nSPS) is 26.4. The summed E-state index contributed by atoms with van der Waals surface area (Å²) in [5.41, 5.74) is 1.10. The van der Waals surface area contributed by atoms with Gasteiger partial charge in [-0.2, -0.15) is 0 Å². The van der Waals surface area contributed by atoms with Crippen LogP contribution in [-0.2, 0) is 16.4 Å². The summed E-state index contributed by atoms with van der Waals surface area (Å²) in [6.07, 6.45) is 3.48. The lowest BCUT2D eigenvalue weighted by atomic mass is 10.0. The number of carbonyl (C=O) groups is 1. The third-order valence-corrected chi connectivity index (χ3v) is 6.30. The Labute approximate surface area is 143 Å². The first kappa shape index (κ1) is 17.2. The van der Waals surface area contributed by atoms with Crippen molar-refractivity contribution < 1.29 is 13.2 Å². The average Bonchev–Trinajstić information content (AvgIpc) is 2.83. The summed E-state index contributed by atoms with van der Waals surface area (Å²) in [7, 11) is -3.12. The number of piperazine rings is 1. The number of amides is 2. The maximum Gasteiger partial charge on any atom is 0.317 e. The van der Waals surface area contributed by atoms with Crippen LogP contribution in [-0.4, -0.2) is 72.0 Å². The largest absolute Gasteiger partial charge is 0.336 e. The van der Waals surface area contributed by atoms with E-state index in [1.54, 1.807) is 17.3 Å². The van der Waals surface area contributed by atoms with Gasteiger partial charge in [-0.1, -0.05) is 0 Å². The van der Waals surface area contributed by atoms with Gasteiger partial charge in [-0.15, -0.1) is 0 Å². The van der Waals surface area contributed by atoms with Crippen LogP contribution in [0.1, 0.15) is 19.4 Å². The lowest BCUT2D eigenvalue weighted by Crippen LogP contribution is -2.62. The van der Waals surface area contributed by atoms with Gasteiger partial charge in [-0.3, -0.25) is 9.88 Å². The minimum Gasteiger partial charge on any atom is -0.336 e. The predicted molar refractivity (Wildman–Crippen MR) is 91.3 cm³/mol. The number of pyridine rings is 1. The van der Waals surface area contributed by atoms with E-state index in [9.17, 15) is 13.2 Å². The van der Waals surface area contributed by atoms with Crippen molar-refractivity contribution in [3.8, 4) is 0 Å². The highest BCUT2D eigenvalue weighted by molar-refractivity contribution is 7.91. The molecule has 0 saturated carbocycles. The molecule has 132 valence electrons. The van der Waals surface area contributed by atoms with Crippen LogP contribution in [0.3, 0.4) is 0 Å². The van der Waals surface area contributed by atoms with E-state index in [0.717, 1.165) is 5.56 Å². The number of aromatic nitrogens is 1. The Hall–Kier alpha value is -1.67. The monoisotopic (exact) mass is 352 g/mol. The molecule has 0 aliphatic carbocycles. The molecular weight excluding hydrogens is 328 g/mol. The van der Waals surface area contributed by atoms with Crippen molar-refractivity contribution in [1.29, 1.82) is 0 Å². The SMILES string of the molecule is CC(C)NC(=O)N1CCN(Cc2ccncc2)C2CS(=O)(=O)CC21. The number of rotatable bonds is 3. The molecule has 1 aromatic rings. The highest BCUT2D eigenvalue weighted by Crippen LogP contribution is 2.28. The second-order valence-corrected chi connectivity index (χ2v) is 8.99. The maximum atomic E-state index is 12.4. The van der Waals surface area contributed by atoms with Crippen molar-refractivity contribution >= 4 is 15.9 Å². The molecule has 0 bridgehead atoms. The van der Waals surface area contributed by atoms with Gasteiger partial charge in [0.15, 0.2) is 9.84 Å². The van der Waals surface area contributed by atoms with Gasteiger partial charge < -0.3 is 10.2 Å². The van der Waals surface area contributed by atoms with E-state index in [-0.39, 0.29) is 35.7 Å². The fourth-order valence-electron chi connectivity index (χ4n) is 3.53. The number of hydrogen-bond donors (Lipinski definition) is 1. The second kappa shape index (κ2) is 6.68. The van der Waals surface area contributed by atoms with Gasteiger partial charge in [-0.25, -0.2) is 13.2 Å². The summed E-state index contributed by atoms with van der Waals surface area (Å²) in [5, 5.41) is 2.88. The number of fused-ring (bicyclic) bond motifs is 1. The molecule has 0 spiro atoms. The van der Waals surface area contributed by atoms with Crippen LogP contribution < -0.4 is 5.32 Å². The van der Waals surface area contributed by atoms with Gasteiger partial charge >= 0.3 is 6.03 Å². The molecule has 2 fully saturated rings. The third-order valence-electron chi connectivity index (χ3n) is 4.60. The quantitative estimate of drug-likeness (QED) is 0.856. The van der Waals surface area contributed by atoms with Gasteiger partial charge in [0, 0.05) is 44.1 Å². The van der Waals surface area contributed by atoms with Crippen LogP contribution in [0.15, 0.2) is 24.5 Å². The van der Waals surface area contributed by atoms with Crippen molar-refractivity contribution in [2.24, 2.45) is 0 Å². The molecule has 2 aliphatic heterocycles. The zero-order chi connectivity index (χ0) is 17.3. The molecule has 3 heterocycles. The summed E-state index contributed by atoms with van der Waals surface area (Å²) in [4.78, 5) is 20.3. The van der Waals surface area contributed by atoms with E-state index >= 15 is 0 Å². The molecule has 2 amide bonds. The summed E-state index contributed by atoms with van der Waals surface area (Å²) < 4.78 is 24.4. The molecule has 2 unspecified atom stereocenters. The van der Waals surface area contributed by atoms with Crippen molar-refractivity contribution in [2.45, 2.75) is 38.5 Å². The second-order valence-electron chi connectivity index (χ2n) is 6.84. The molecule has 3 rings (SSSR count). The Morgan fingerprint density at radius 3 is 2.58 bits per heavy atom. The smallest absolute Gasteiger partial charge is 0.317 e. The number of hydrogen-bond acceptors (Lipinski definition) is 5. The Bertz CT molecular complexity index is 693. The number of sulfone groups is 1. The fourth-order valence-corrected chi connectivity index (χ4v) is 5.54. The van der Waals surface area contributed by atoms with E-state index in [2.05, 4.69) is 15.2 Å². The molecule has 24 heavy (non-hydrogen) atoms. The number of urea groups is 1. The molecule has 1 N–H and O–H groups in total. The summed E-state index contributed by atoms with van der Waals surface area (Å²) in [6, 6.07) is 3.33. The molecule has 8 heteroatoms. The first-order chi connectivity index (χ1) is 11.4. The van der Waals surface area contributed by atoms with E-state index < -0.39 is 9.84 Å². The molecule has 0 radical (unpaired) electrons. The lowest BCUT2D eigenvalue weighted by Gasteiger charge is -2.44. The van der Waals surface area contributed by atoms with E-state index in [1.807, 2.05) is 26.0 Å². The Morgan fingerprint density at radius 2 is 1.92 bits per heavy atom. The van der Waals surface area contributed by atoms with Crippen LogP contribution in [0.4, 0.5) is 4.79 Å². The zero-order valence-electron chi connectivity index (χ0n) is 14.1. The highest BCUT2D eigenvalue weighted by Gasteiger charge is 2.47. The van der Waals surface area contributed by atoms with Gasteiger partial charge in [0.2, 0.25) is 0 Å². The summed E-state index contributed by atoms with van der Waals surface area (Å²) in [5.74, 6) is 0.171. The van der Waals surface area contributed by atoms with Crippen LogP contribution in [0.2, 0.25) is 0 Å². The zero-order valence-corrected chi connectivity index (χ0v) is 14.9. The van der Waals surface area contributed by atoms with Crippen molar-refractivity contribution in [2.75, 3.05) is 24.6 Å². The number of nitrogens with zero attached hydrogens (tertiary/aromatic N) is 3. The van der Waals surface area contributed by atoms with Crippen molar-refractivity contribution in [1.82, 2.24) is 20.1 Å². The summed E-state index contributed by atoms with van der Waals surface area (Å²) >= 11 is 0. The molecular formula is C16H24N4O3S. The van der Waals surface area contributed by atoms with Gasteiger partial charge in [0.25, 0.3) is 0 Å². The van der Waals surface area contributed by atoms with E-state index in [1.165, 1.54) is 0 Å². The van der Waals surface area contributed by atoms with Crippen LogP contribution in [0.5, 0.6) is 0 Å². The minimum absolute atomic E-state index is 0.0313. The van der Waals surface area contributed by atoms with Gasteiger partial charge in [-0.05, 0) is 31.5 Å². The minimum atomic E-state index is -3.12. The standard InChI is InChI=1S/C16H24N4O3S/c1-12(2)18-16(21)20-8-7-19(9-13-3-5-17-6-4-13)14-10-24(22,23)11-15(14)20/h3-6,12,14-15H,7-11H2,1-2H3,(H,18,21). The predicted octanol–water partition coefficient (Wildman–Crippen LogP) is 0.483. The van der Waals surface area contributed by atoms with E-state index in [0.29, 0.717) is 19.6 Å². The van der Waals surface area contributed by atoms with E-state index in [4.69, 9.17) is 0 Å². The third kappa shape index (κ3) is 3.70. The molecule has 1 aromatic heterocycles. The lowest BCUT2D eigenvalue weighted by molar-refractivity contribution is 0.0600. The topological polar surface area (TPSA) is 82.6 Å². The number of carbonyl (C=O) groups excluding carboxylic acids is 1. The Kier molecular flexibility index (Phi) is 4.78. The summed E-state index contributed by atoms with van der Waals surface area (Å²) in [6.45, 7) is 5.70. The van der Waals surface area contributed by atoms with Gasteiger partial charge in [0.05, 0.1) is 17.5 Å². The average molecular weight is 352 g/mol. The highest BCUT2D eigenvalue weighted by atomic mass is 32.2. The first-order valence-corrected chi connectivity index (χ1v) is 10.1. The molecule has 7 nitrogen and oxygen atoms in total. The number of nitrogens with one attached hydrogen (secondary N) is 1. The van der Waals surface area contributed by atoms with Crippen molar-refractivity contribution in [3.63, 3.8) is 0 Å². The molecule has 2 saturated heterocycles. The van der Waals surface area contributed by atoms with Crippen LogP contribution >= 0.6 is 0 Å². The molecule has 2 aliphatic rings. The molecule has 2 atom stereocenters. The Morgan fingerprint density at radius 1 is 1.25 bits per heavy atom. The van der Waals surface area contributed by atoms with Crippen LogP contribution in [0.25, 0.3) is 0 Å². The van der Waals surface area contributed by atoms with Crippen molar-refractivity contribution in [3.05, 3.63) is 30.1 Å². The fraction of sp³-hybridized carbons (Fsp3) is 0.625. The van der Waals surface area contributed by atoms with Gasteiger partial charge in [0.1, 0.15) is 0 Å². The molecule has 0 aromatic carbocycles.